The molecule has 10 heteroatoms. The van der Waals surface area contributed by atoms with Crippen LogP contribution in [0.4, 0.5) is 13.2 Å². The number of hydrogen-bond donors (Lipinski definition) is 2. The number of ether oxygens (including phenoxy) is 1. The fraction of sp³-hybridized carbons (Fsp3) is 0.619. The minimum atomic E-state index is -4.38. The van der Waals surface area contributed by atoms with Gasteiger partial charge in [0.05, 0.1) is 12.0 Å². The highest BCUT2D eigenvalue weighted by Crippen LogP contribution is 2.38. The number of hydrogen-bond acceptors (Lipinski definition) is 3. The van der Waals surface area contributed by atoms with Gasteiger partial charge in [-0.2, -0.15) is 13.2 Å². The van der Waals surface area contributed by atoms with E-state index in [2.05, 4.69) is 15.6 Å². The molecule has 0 heterocycles. The van der Waals surface area contributed by atoms with Crippen molar-refractivity contribution in [2.75, 3.05) is 33.8 Å². The summed E-state index contributed by atoms with van der Waals surface area (Å²) in [4.78, 5) is 18.9. The van der Waals surface area contributed by atoms with E-state index in [1.807, 2.05) is 6.92 Å². The molecule has 176 valence electrons. The van der Waals surface area contributed by atoms with E-state index in [0.29, 0.717) is 19.0 Å². The van der Waals surface area contributed by atoms with Crippen molar-refractivity contribution in [3.05, 3.63) is 29.8 Å². The second-order valence-corrected chi connectivity index (χ2v) is 7.79. The van der Waals surface area contributed by atoms with Crippen LogP contribution >= 0.6 is 24.0 Å². The van der Waals surface area contributed by atoms with Crippen LogP contribution < -0.4 is 15.4 Å². The molecule has 1 aliphatic carbocycles. The van der Waals surface area contributed by atoms with Gasteiger partial charge in [-0.3, -0.25) is 4.79 Å². The van der Waals surface area contributed by atoms with Gasteiger partial charge in [0.25, 0.3) is 0 Å². The van der Waals surface area contributed by atoms with Gasteiger partial charge < -0.3 is 20.3 Å². The van der Waals surface area contributed by atoms with Crippen LogP contribution in [-0.4, -0.2) is 56.7 Å². The summed E-state index contributed by atoms with van der Waals surface area (Å²) in [5.74, 6) is 0.842. The summed E-state index contributed by atoms with van der Waals surface area (Å²) in [7, 11) is 3.55. The Labute approximate surface area is 199 Å². The Balaban J connectivity index is 0.00000480. The second-order valence-electron chi connectivity index (χ2n) is 7.79. The summed E-state index contributed by atoms with van der Waals surface area (Å²) in [5, 5.41) is 6.44. The average Bonchev–Trinajstić information content (AvgIpc) is 3.18. The SMILES string of the molecule is CCNC(=NCc1cccc(OCC(F)(F)F)c1)NCC1(C(=O)N(C)C)CCCC1.I. The summed E-state index contributed by atoms with van der Waals surface area (Å²) in [6, 6.07) is 6.45. The van der Waals surface area contributed by atoms with Gasteiger partial charge in [-0.05, 0) is 37.5 Å². The maximum absolute atomic E-state index is 12.7. The van der Waals surface area contributed by atoms with Crippen LogP contribution in [-0.2, 0) is 11.3 Å². The number of guanidine groups is 1. The molecule has 1 aromatic rings. The Morgan fingerprint density at radius 1 is 1.23 bits per heavy atom. The van der Waals surface area contributed by atoms with Gasteiger partial charge in [-0.25, -0.2) is 4.99 Å². The van der Waals surface area contributed by atoms with Gasteiger partial charge in [0.1, 0.15) is 5.75 Å². The molecule has 0 saturated heterocycles. The fourth-order valence-electron chi connectivity index (χ4n) is 3.66. The molecular formula is C21H32F3IN4O2. The van der Waals surface area contributed by atoms with Crippen molar-refractivity contribution in [1.29, 1.82) is 0 Å². The smallest absolute Gasteiger partial charge is 0.422 e. The number of benzene rings is 1. The van der Waals surface area contributed by atoms with Crippen molar-refractivity contribution >= 4 is 35.8 Å². The van der Waals surface area contributed by atoms with Gasteiger partial charge >= 0.3 is 6.18 Å². The molecule has 0 unspecified atom stereocenters. The first-order valence-corrected chi connectivity index (χ1v) is 10.2. The van der Waals surface area contributed by atoms with E-state index in [4.69, 9.17) is 4.74 Å². The molecule has 0 atom stereocenters. The second kappa shape index (κ2) is 12.4. The lowest BCUT2D eigenvalue weighted by molar-refractivity contribution is -0.153. The Morgan fingerprint density at radius 3 is 2.48 bits per heavy atom. The molecule has 1 aromatic carbocycles. The zero-order valence-corrected chi connectivity index (χ0v) is 20.5. The van der Waals surface area contributed by atoms with Gasteiger partial charge in [-0.15, -0.1) is 24.0 Å². The molecule has 0 aliphatic heterocycles. The zero-order chi connectivity index (χ0) is 22.2. The molecule has 6 nitrogen and oxygen atoms in total. The lowest BCUT2D eigenvalue weighted by atomic mass is 9.84. The maximum atomic E-state index is 12.7. The predicted molar refractivity (Wildman–Crippen MR) is 126 cm³/mol. The normalized spacial score (nSPS) is 15.7. The third-order valence-corrected chi connectivity index (χ3v) is 5.08. The van der Waals surface area contributed by atoms with E-state index >= 15 is 0 Å². The van der Waals surface area contributed by atoms with E-state index in [-0.39, 0.29) is 42.2 Å². The molecule has 0 spiro atoms. The molecular weight excluding hydrogens is 524 g/mol. The summed E-state index contributed by atoms with van der Waals surface area (Å²) in [6.45, 7) is 2.03. The van der Waals surface area contributed by atoms with Crippen LogP contribution in [0.1, 0.15) is 38.2 Å². The Hall–Kier alpha value is -1.72. The molecule has 2 rings (SSSR count). The molecule has 1 amide bonds. The number of nitrogens with zero attached hydrogens (tertiary/aromatic N) is 2. The summed E-state index contributed by atoms with van der Waals surface area (Å²) >= 11 is 0. The highest BCUT2D eigenvalue weighted by Gasteiger charge is 2.42. The number of carbonyl (C=O) groups excluding carboxylic acids is 1. The number of alkyl halides is 3. The van der Waals surface area contributed by atoms with Crippen molar-refractivity contribution in [2.45, 2.75) is 45.3 Å². The standard InChI is InChI=1S/C21H31F3N4O2.HI/c1-4-25-19(27-14-20(10-5-6-11-20)18(29)28(2)3)26-13-16-8-7-9-17(12-16)30-15-21(22,23)24;/h7-9,12H,4-6,10-11,13-15H2,1-3H3,(H2,25,26,27);1H. The Kier molecular flexibility index (Phi) is 10.9. The van der Waals surface area contributed by atoms with Crippen LogP contribution in [0.3, 0.4) is 0 Å². The molecule has 2 N–H and O–H groups in total. The number of amides is 1. The van der Waals surface area contributed by atoms with E-state index in [0.717, 1.165) is 31.2 Å². The van der Waals surface area contributed by atoms with Crippen molar-refractivity contribution in [3.8, 4) is 5.75 Å². The fourth-order valence-corrected chi connectivity index (χ4v) is 3.66. The van der Waals surface area contributed by atoms with Crippen LogP contribution in [0.25, 0.3) is 0 Å². The van der Waals surface area contributed by atoms with Gasteiger partial charge in [-0.1, -0.05) is 25.0 Å². The first kappa shape index (κ1) is 27.3. The largest absolute Gasteiger partial charge is 0.484 e. The van der Waals surface area contributed by atoms with Crippen LogP contribution in [0.2, 0.25) is 0 Å². The average molecular weight is 556 g/mol. The summed E-state index contributed by atoms with van der Waals surface area (Å²) in [6.07, 6.45) is -0.639. The Morgan fingerprint density at radius 2 is 1.90 bits per heavy atom. The van der Waals surface area contributed by atoms with E-state index in [1.54, 1.807) is 37.2 Å². The Bertz CT molecular complexity index is 736. The molecule has 0 aromatic heterocycles. The van der Waals surface area contributed by atoms with Crippen molar-refractivity contribution < 1.29 is 22.7 Å². The minimum absolute atomic E-state index is 0. The number of halogens is 4. The van der Waals surface area contributed by atoms with E-state index in [9.17, 15) is 18.0 Å². The maximum Gasteiger partial charge on any atom is 0.422 e. The van der Waals surface area contributed by atoms with Crippen molar-refractivity contribution in [3.63, 3.8) is 0 Å². The third-order valence-electron chi connectivity index (χ3n) is 5.08. The van der Waals surface area contributed by atoms with Crippen LogP contribution in [0.5, 0.6) is 5.75 Å². The highest BCUT2D eigenvalue weighted by molar-refractivity contribution is 14.0. The van der Waals surface area contributed by atoms with Crippen molar-refractivity contribution in [1.82, 2.24) is 15.5 Å². The third kappa shape index (κ3) is 8.74. The monoisotopic (exact) mass is 556 g/mol. The number of aliphatic imine (C=N–C) groups is 1. The van der Waals surface area contributed by atoms with Gasteiger partial charge in [0.15, 0.2) is 12.6 Å². The topological polar surface area (TPSA) is 66.0 Å². The minimum Gasteiger partial charge on any atom is -0.484 e. The molecule has 31 heavy (non-hydrogen) atoms. The highest BCUT2D eigenvalue weighted by atomic mass is 127. The molecule has 1 fully saturated rings. The lowest BCUT2D eigenvalue weighted by Gasteiger charge is -2.31. The first-order chi connectivity index (χ1) is 14.1. The van der Waals surface area contributed by atoms with E-state index < -0.39 is 18.2 Å². The predicted octanol–water partition coefficient (Wildman–Crippen LogP) is 3.95. The van der Waals surface area contributed by atoms with Crippen LogP contribution in [0.15, 0.2) is 29.3 Å². The summed E-state index contributed by atoms with van der Waals surface area (Å²) in [5.41, 5.74) is 0.303. The zero-order valence-electron chi connectivity index (χ0n) is 18.2. The lowest BCUT2D eigenvalue weighted by Crippen LogP contribution is -2.49. The molecule has 1 saturated carbocycles. The number of nitrogens with one attached hydrogen (secondary N) is 2. The quantitative estimate of drug-likeness (QED) is 0.289. The van der Waals surface area contributed by atoms with Crippen molar-refractivity contribution in [2.24, 2.45) is 10.4 Å². The molecule has 0 radical (unpaired) electrons. The van der Waals surface area contributed by atoms with E-state index in [1.165, 1.54) is 6.07 Å². The van der Waals surface area contributed by atoms with Gasteiger partial charge in [0.2, 0.25) is 5.91 Å². The summed E-state index contributed by atoms with van der Waals surface area (Å²) < 4.78 is 41.8. The molecule has 0 bridgehead atoms. The first-order valence-electron chi connectivity index (χ1n) is 10.2. The number of rotatable bonds is 8. The number of carbonyl (C=O) groups is 1. The molecule has 1 aliphatic rings. The van der Waals surface area contributed by atoms with Gasteiger partial charge in [0, 0.05) is 27.2 Å². The van der Waals surface area contributed by atoms with Crippen LogP contribution in [0, 0.1) is 5.41 Å².